The van der Waals surface area contributed by atoms with Crippen molar-refractivity contribution in [3.63, 3.8) is 0 Å². The fourth-order valence-corrected chi connectivity index (χ4v) is 3.82. The second-order valence-corrected chi connectivity index (χ2v) is 7.32. The van der Waals surface area contributed by atoms with Gasteiger partial charge in [0.05, 0.1) is 5.56 Å². The second kappa shape index (κ2) is 7.18. The predicted molar refractivity (Wildman–Crippen MR) is 100 cm³/mol. The zero-order valence-electron chi connectivity index (χ0n) is 15.3. The van der Waals surface area contributed by atoms with Crippen molar-refractivity contribution in [1.82, 2.24) is 14.8 Å². The van der Waals surface area contributed by atoms with Crippen LogP contribution in [0.15, 0.2) is 30.4 Å². The fraction of sp³-hybridized carbons (Fsp3) is 0.400. The molecule has 146 valence electrons. The summed E-state index contributed by atoms with van der Waals surface area (Å²) >= 11 is 0. The number of carbonyl (C=O) groups excluding carboxylic acids is 1. The second-order valence-electron chi connectivity index (χ2n) is 7.32. The molecule has 0 radical (unpaired) electrons. The van der Waals surface area contributed by atoms with E-state index in [1.54, 1.807) is 12.2 Å². The van der Waals surface area contributed by atoms with Crippen LogP contribution in [0.5, 0.6) is 0 Å². The van der Waals surface area contributed by atoms with E-state index in [0.29, 0.717) is 11.5 Å². The average molecular weight is 384 g/mol. The minimum atomic E-state index is -1.51. The third-order valence-corrected chi connectivity index (χ3v) is 5.52. The van der Waals surface area contributed by atoms with Gasteiger partial charge in [0.15, 0.2) is 11.2 Å². The van der Waals surface area contributed by atoms with Gasteiger partial charge in [-0.25, -0.2) is 4.39 Å². The van der Waals surface area contributed by atoms with Crippen LogP contribution in [-0.4, -0.2) is 31.7 Å². The van der Waals surface area contributed by atoms with Crippen molar-refractivity contribution < 1.29 is 19.1 Å². The van der Waals surface area contributed by atoms with Crippen molar-refractivity contribution in [3.8, 4) is 11.4 Å². The first-order valence-corrected chi connectivity index (χ1v) is 9.43. The summed E-state index contributed by atoms with van der Waals surface area (Å²) in [6.45, 7) is 0.724. The molecule has 1 aliphatic carbocycles. The lowest BCUT2D eigenvalue weighted by molar-refractivity contribution is -0.153. The van der Waals surface area contributed by atoms with E-state index in [1.165, 1.54) is 18.2 Å². The van der Waals surface area contributed by atoms with E-state index in [-0.39, 0.29) is 18.4 Å². The van der Waals surface area contributed by atoms with E-state index in [4.69, 9.17) is 0 Å². The Labute approximate surface area is 161 Å². The molecular weight excluding hydrogens is 363 g/mol. The topological polar surface area (TPSA) is 97.1 Å². The van der Waals surface area contributed by atoms with E-state index in [2.05, 4.69) is 15.5 Å². The first-order valence-electron chi connectivity index (χ1n) is 9.43. The van der Waals surface area contributed by atoms with Crippen LogP contribution in [0.3, 0.4) is 0 Å². The Kier molecular flexibility index (Phi) is 4.70. The van der Waals surface area contributed by atoms with Crippen LogP contribution < -0.4 is 5.32 Å². The summed E-state index contributed by atoms with van der Waals surface area (Å²) in [5, 5.41) is 20.5. The van der Waals surface area contributed by atoms with Gasteiger partial charge in [-0.2, -0.15) is 0 Å². The first kappa shape index (κ1) is 18.3. The number of nitrogens with zero attached hydrogens (tertiary/aromatic N) is 3. The largest absolute Gasteiger partial charge is 0.480 e. The zero-order valence-corrected chi connectivity index (χ0v) is 15.3. The van der Waals surface area contributed by atoms with Crippen molar-refractivity contribution >= 4 is 17.6 Å². The average Bonchev–Trinajstić information content (AvgIpc) is 3.26. The molecule has 28 heavy (non-hydrogen) atoms. The smallest absolute Gasteiger partial charge is 0.319 e. The van der Waals surface area contributed by atoms with Gasteiger partial charge in [0.2, 0.25) is 5.91 Å². The summed E-state index contributed by atoms with van der Waals surface area (Å²) in [4.78, 5) is 24.4. The number of aryl methyl sites for hydroxylation is 1. The van der Waals surface area contributed by atoms with Crippen LogP contribution in [0.25, 0.3) is 11.4 Å². The first-order chi connectivity index (χ1) is 13.5. The highest BCUT2D eigenvalue weighted by atomic mass is 19.1. The number of hydrogen-bond donors (Lipinski definition) is 2. The molecule has 0 bridgehead atoms. The quantitative estimate of drug-likeness (QED) is 0.623. The number of rotatable bonds is 4. The Morgan fingerprint density at radius 3 is 2.68 bits per heavy atom. The summed E-state index contributed by atoms with van der Waals surface area (Å²) < 4.78 is 16.5. The van der Waals surface area contributed by atoms with Crippen molar-refractivity contribution in [3.05, 3.63) is 42.0 Å². The molecule has 2 N–H and O–H groups in total. The molecule has 2 aliphatic rings. The molecule has 0 spiro atoms. The van der Waals surface area contributed by atoms with Gasteiger partial charge < -0.3 is 15.0 Å². The highest BCUT2D eigenvalue weighted by Gasteiger charge is 2.46. The maximum Gasteiger partial charge on any atom is 0.319 e. The monoisotopic (exact) mass is 384 g/mol. The molecule has 7 nitrogen and oxygen atoms in total. The Morgan fingerprint density at radius 2 is 1.93 bits per heavy atom. The van der Waals surface area contributed by atoms with Gasteiger partial charge in [-0.3, -0.25) is 9.59 Å². The minimum absolute atomic E-state index is 0.139. The molecule has 0 unspecified atom stereocenters. The van der Waals surface area contributed by atoms with Gasteiger partial charge in [-0.15, -0.1) is 10.2 Å². The van der Waals surface area contributed by atoms with Crippen molar-refractivity contribution in [2.75, 3.05) is 5.32 Å². The number of benzene rings is 1. The van der Waals surface area contributed by atoms with Gasteiger partial charge in [0, 0.05) is 18.7 Å². The lowest BCUT2D eigenvalue weighted by Gasteiger charge is -2.22. The molecular formula is C20H21FN4O3. The van der Waals surface area contributed by atoms with Crippen molar-refractivity contribution in [2.45, 2.75) is 45.1 Å². The molecule has 1 amide bonds. The highest BCUT2D eigenvalue weighted by Crippen LogP contribution is 2.35. The number of aromatic nitrogens is 3. The normalized spacial score (nSPS) is 17.8. The Balaban J connectivity index is 1.64. The SMILES string of the molecule is O=C(O)C1(C(=O)Nc2ccc(F)c(-c3nnc4n3CCCCC4)c2)CC=CC1. The number of carboxylic acids is 1. The van der Waals surface area contributed by atoms with Crippen LogP contribution >= 0.6 is 0 Å². The van der Waals surface area contributed by atoms with Crippen LogP contribution in [0.2, 0.25) is 0 Å². The molecule has 0 fully saturated rings. The van der Waals surface area contributed by atoms with E-state index in [0.717, 1.165) is 38.1 Å². The molecule has 2 aromatic rings. The van der Waals surface area contributed by atoms with Gasteiger partial charge in [-0.1, -0.05) is 18.6 Å². The number of anilines is 1. The number of carbonyl (C=O) groups is 2. The Hall–Kier alpha value is -3.03. The number of carboxylic acid groups (broad SMARTS) is 1. The third-order valence-electron chi connectivity index (χ3n) is 5.52. The number of aliphatic carboxylic acids is 1. The number of nitrogens with one attached hydrogen (secondary N) is 1. The fourth-order valence-electron chi connectivity index (χ4n) is 3.82. The molecule has 1 aromatic heterocycles. The van der Waals surface area contributed by atoms with Crippen LogP contribution in [0.4, 0.5) is 10.1 Å². The van der Waals surface area contributed by atoms with Crippen molar-refractivity contribution in [1.29, 1.82) is 0 Å². The maximum absolute atomic E-state index is 14.5. The summed E-state index contributed by atoms with van der Waals surface area (Å²) in [6.07, 6.45) is 7.56. The lowest BCUT2D eigenvalue weighted by Crippen LogP contribution is -2.41. The van der Waals surface area contributed by atoms with Gasteiger partial charge >= 0.3 is 5.97 Å². The summed E-state index contributed by atoms with van der Waals surface area (Å²) in [6, 6.07) is 4.17. The van der Waals surface area contributed by atoms with E-state index >= 15 is 0 Å². The molecule has 1 aliphatic heterocycles. The van der Waals surface area contributed by atoms with Gasteiger partial charge in [0.1, 0.15) is 11.6 Å². The molecule has 0 saturated heterocycles. The van der Waals surface area contributed by atoms with Crippen molar-refractivity contribution in [2.24, 2.45) is 5.41 Å². The minimum Gasteiger partial charge on any atom is -0.480 e. The molecule has 0 atom stereocenters. The van der Waals surface area contributed by atoms with Crippen LogP contribution in [0.1, 0.15) is 37.9 Å². The van der Waals surface area contributed by atoms with E-state index < -0.39 is 23.1 Å². The zero-order chi connectivity index (χ0) is 19.7. The van der Waals surface area contributed by atoms with Gasteiger partial charge in [0.25, 0.3) is 0 Å². The predicted octanol–water partition coefficient (Wildman–Crippen LogP) is 3.17. The molecule has 8 heteroatoms. The van der Waals surface area contributed by atoms with E-state index in [9.17, 15) is 19.1 Å². The van der Waals surface area contributed by atoms with E-state index in [1.807, 2.05) is 4.57 Å². The lowest BCUT2D eigenvalue weighted by atomic mass is 9.84. The molecule has 4 rings (SSSR count). The number of allylic oxidation sites excluding steroid dienone is 2. The summed E-state index contributed by atoms with van der Waals surface area (Å²) in [5.41, 5.74) is -0.937. The maximum atomic E-state index is 14.5. The summed E-state index contributed by atoms with van der Waals surface area (Å²) in [7, 11) is 0. The summed E-state index contributed by atoms with van der Waals surface area (Å²) in [5.74, 6) is -0.972. The molecule has 0 saturated carbocycles. The standard InChI is InChI=1S/C20H21FN4O3/c21-15-8-7-13(22-18(26)20(19(27)28)9-3-4-10-20)12-14(15)17-24-23-16-6-2-1-5-11-25(16)17/h3-4,7-8,12H,1-2,5-6,9-11H2,(H,22,26)(H,27,28). The number of halogens is 1. The molecule has 2 heterocycles. The highest BCUT2D eigenvalue weighted by molar-refractivity contribution is 6.09. The molecule has 1 aromatic carbocycles. The number of hydrogen-bond acceptors (Lipinski definition) is 4. The Morgan fingerprint density at radius 1 is 1.14 bits per heavy atom. The van der Waals surface area contributed by atoms with Gasteiger partial charge in [-0.05, 0) is 43.9 Å². The number of amides is 1. The third kappa shape index (κ3) is 3.08. The number of fused-ring (bicyclic) bond motifs is 1. The Bertz CT molecular complexity index is 958. The van der Waals surface area contributed by atoms with Crippen LogP contribution in [-0.2, 0) is 22.6 Å². The van der Waals surface area contributed by atoms with Crippen LogP contribution in [0, 0.1) is 11.2 Å².